The van der Waals surface area contributed by atoms with Crippen LogP contribution in [0.15, 0.2) is 24.4 Å². The van der Waals surface area contributed by atoms with Gasteiger partial charge in [0.1, 0.15) is 35.5 Å². The quantitative estimate of drug-likeness (QED) is 0.429. The molecule has 218 valence electrons. The number of phenols is 1. The second kappa shape index (κ2) is 9.62. The van der Waals surface area contributed by atoms with Crippen molar-refractivity contribution in [3.05, 3.63) is 35.8 Å². The summed E-state index contributed by atoms with van der Waals surface area (Å²) in [6, 6.07) is 2.29. The van der Waals surface area contributed by atoms with Crippen molar-refractivity contribution in [3.8, 4) is 23.0 Å². The summed E-state index contributed by atoms with van der Waals surface area (Å²) in [5.74, 6) is -1.40. The Kier molecular flexibility index (Phi) is 5.46. The summed E-state index contributed by atoms with van der Waals surface area (Å²) in [4.78, 5) is 16.1. The molecule has 41 heavy (non-hydrogen) atoms. The van der Waals surface area contributed by atoms with Gasteiger partial charge in [0.05, 0.1) is 17.9 Å². The van der Waals surface area contributed by atoms with Gasteiger partial charge in [0.25, 0.3) is 0 Å². The third kappa shape index (κ3) is 4.62. The first kappa shape index (κ1) is 23.3. The van der Waals surface area contributed by atoms with Gasteiger partial charge >= 0.3 is 12.2 Å². The van der Waals surface area contributed by atoms with Gasteiger partial charge in [0.2, 0.25) is 0 Å². The Morgan fingerprint density at radius 2 is 1.98 bits per heavy atom. The van der Waals surface area contributed by atoms with E-state index in [-0.39, 0.29) is 60.7 Å². The van der Waals surface area contributed by atoms with Gasteiger partial charge in [-0.2, -0.15) is 23.1 Å². The maximum absolute atomic E-state index is 16.3. The summed E-state index contributed by atoms with van der Waals surface area (Å²) in [7, 11) is 0. The molecule has 0 radical (unpaired) electrons. The molecule has 0 unspecified atom stereocenters. The van der Waals surface area contributed by atoms with Crippen molar-refractivity contribution in [3.63, 3.8) is 0 Å². The van der Waals surface area contributed by atoms with E-state index in [0.29, 0.717) is 19.2 Å². The Labute approximate surface area is 236 Å². The number of hydrogen-bond acceptors (Lipinski definition) is 8. The van der Waals surface area contributed by atoms with E-state index in [0.717, 1.165) is 25.0 Å². The van der Waals surface area contributed by atoms with Gasteiger partial charge in [0.15, 0.2) is 5.82 Å². The fourth-order valence-electron chi connectivity index (χ4n) is 6.58. The van der Waals surface area contributed by atoms with Crippen molar-refractivity contribution >= 4 is 16.7 Å². The van der Waals surface area contributed by atoms with Crippen LogP contribution in [0.5, 0.6) is 11.8 Å². The zero-order valence-electron chi connectivity index (χ0n) is 24.8. The van der Waals surface area contributed by atoms with Crippen molar-refractivity contribution in [2.75, 3.05) is 37.6 Å². The van der Waals surface area contributed by atoms with E-state index in [1.807, 2.05) is 4.90 Å². The third-order valence-corrected chi connectivity index (χ3v) is 8.51. The average Bonchev–Trinajstić information content (AvgIpc) is 3.52. The van der Waals surface area contributed by atoms with Crippen LogP contribution in [0.3, 0.4) is 0 Å². The number of phenolic OH excluding ortho intramolecular Hbond substituents is 1. The largest absolute Gasteiger partial charge is 0.508 e. The standard InChI is InChI=1S/C28H29F5N6O2/c29-15-9-27(6-1-7-39(27)11-15)14-41-26-36-24-20(25(37-26)38-12-16-2-3-17(13-38)35-16)10-34-23(22(24)30)19-8-18(40)4-5-21(19)28(31,32)33/h4-5,8,10,15-17,35,40H,1-3,6-7,9,11-14H2/t15-,16-,17+,27+/m1/s1/i7D2,15D. The highest BCUT2D eigenvalue weighted by Gasteiger charge is 2.49. The minimum Gasteiger partial charge on any atom is -0.508 e. The Morgan fingerprint density at radius 1 is 1.20 bits per heavy atom. The summed E-state index contributed by atoms with van der Waals surface area (Å²) in [5.41, 5.74) is -4.02. The van der Waals surface area contributed by atoms with E-state index in [1.54, 1.807) is 0 Å². The van der Waals surface area contributed by atoms with Gasteiger partial charge in [-0.05, 0) is 50.4 Å². The zero-order valence-corrected chi connectivity index (χ0v) is 21.8. The second-order valence-corrected chi connectivity index (χ2v) is 11.2. The summed E-state index contributed by atoms with van der Waals surface area (Å²) in [6.45, 7) is -1.52. The lowest BCUT2D eigenvalue weighted by atomic mass is 9.95. The number of nitrogens with zero attached hydrogens (tertiary/aromatic N) is 5. The van der Waals surface area contributed by atoms with Crippen LogP contribution in [-0.4, -0.2) is 81.5 Å². The topological polar surface area (TPSA) is 86.6 Å². The van der Waals surface area contributed by atoms with Crippen LogP contribution in [-0.2, 0) is 6.18 Å². The monoisotopic (exact) mass is 579 g/mol. The van der Waals surface area contributed by atoms with Crippen molar-refractivity contribution in [1.29, 1.82) is 0 Å². The molecule has 4 atom stereocenters. The van der Waals surface area contributed by atoms with E-state index >= 15 is 4.39 Å². The van der Waals surface area contributed by atoms with Gasteiger partial charge in [-0.1, -0.05) is 0 Å². The molecule has 0 aliphatic carbocycles. The molecule has 4 aliphatic rings. The normalized spacial score (nSPS) is 32.1. The highest BCUT2D eigenvalue weighted by Crippen LogP contribution is 2.42. The molecule has 13 heteroatoms. The van der Waals surface area contributed by atoms with Gasteiger partial charge in [-0.25, -0.2) is 8.78 Å². The van der Waals surface area contributed by atoms with E-state index in [4.69, 9.17) is 8.85 Å². The van der Waals surface area contributed by atoms with Crippen LogP contribution < -0.4 is 15.0 Å². The van der Waals surface area contributed by atoms with Gasteiger partial charge in [-0.15, -0.1) is 0 Å². The first-order valence-electron chi connectivity index (χ1n) is 15.0. The molecule has 8 nitrogen and oxygen atoms in total. The zero-order chi connectivity index (χ0) is 31.2. The molecule has 4 saturated heterocycles. The molecular weight excluding hydrogens is 547 g/mol. The second-order valence-electron chi connectivity index (χ2n) is 11.2. The Morgan fingerprint density at radius 3 is 2.73 bits per heavy atom. The van der Waals surface area contributed by atoms with Crippen LogP contribution in [0.1, 0.15) is 41.8 Å². The van der Waals surface area contributed by atoms with E-state index in [9.17, 15) is 22.7 Å². The van der Waals surface area contributed by atoms with Crippen LogP contribution in [0.4, 0.5) is 27.8 Å². The third-order valence-electron chi connectivity index (χ3n) is 8.51. The highest BCUT2D eigenvalue weighted by molar-refractivity contribution is 5.92. The number of ether oxygens (including phenoxy) is 1. The van der Waals surface area contributed by atoms with Crippen molar-refractivity contribution in [2.45, 2.75) is 62.1 Å². The number of anilines is 1. The molecule has 3 aromatic rings. The number of benzene rings is 1. The van der Waals surface area contributed by atoms with Gasteiger partial charge in [-0.3, -0.25) is 9.88 Å². The number of aromatic nitrogens is 3. The fraction of sp³-hybridized carbons (Fsp3) is 0.536. The van der Waals surface area contributed by atoms with Crippen molar-refractivity contribution in [2.24, 2.45) is 0 Å². The lowest BCUT2D eigenvalue weighted by molar-refractivity contribution is -0.137. The molecule has 1 aromatic carbocycles. The number of rotatable bonds is 5. The molecule has 2 aromatic heterocycles. The predicted octanol–water partition coefficient (Wildman–Crippen LogP) is 4.45. The number of halogens is 5. The molecule has 6 heterocycles. The Balaban J connectivity index is 1.33. The molecule has 0 amide bonds. The minimum atomic E-state index is -4.86. The maximum atomic E-state index is 16.3. The maximum Gasteiger partial charge on any atom is 0.417 e. The van der Waals surface area contributed by atoms with Crippen LogP contribution in [0, 0.1) is 5.82 Å². The van der Waals surface area contributed by atoms with Crippen molar-refractivity contribution in [1.82, 2.24) is 25.2 Å². The molecule has 2 bridgehead atoms. The number of pyridine rings is 1. The van der Waals surface area contributed by atoms with Gasteiger partial charge in [0, 0.05) is 52.6 Å². The molecular formula is C28H29F5N6O2. The Hall–Kier alpha value is -3.32. The molecule has 2 N–H and O–H groups in total. The van der Waals surface area contributed by atoms with Crippen molar-refractivity contribution < 1.29 is 35.9 Å². The van der Waals surface area contributed by atoms with E-state index in [2.05, 4.69) is 20.3 Å². The summed E-state index contributed by atoms with van der Waals surface area (Å²) in [6.07, 6.45) is -4.17. The summed E-state index contributed by atoms with van der Waals surface area (Å²) >= 11 is 0. The first-order valence-corrected chi connectivity index (χ1v) is 13.5. The Bertz CT molecular complexity index is 1630. The lowest BCUT2D eigenvalue weighted by Gasteiger charge is -2.34. The van der Waals surface area contributed by atoms with E-state index in [1.165, 1.54) is 11.1 Å². The van der Waals surface area contributed by atoms with Gasteiger partial charge < -0.3 is 20.1 Å². The van der Waals surface area contributed by atoms with Crippen LogP contribution >= 0.6 is 0 Å². The number of alkyl halides is 4. The number of nitrogens with one attached hydrogen (secondary N) is 1. The fourth-order valence-corrected chi connectivity index (χ4v) is 6.58. The lowest BCUT2D eigenvalue weighted by Crippen LogP contribution is -2.51. The predicted molar refractivity (Wildman–Crippen MR) is 140 cm³/mol. The minimum absolute atomic E-state index is 0.106. The molecule has 0 spiro atoms. The number of fused-ring (bicyclic) bond motifs is 4. The first-order chi connectivity index (χ1) is 20.6. The smallest absolute Gasteiger partial charge is 0.417 e. The van der Waals surface area contributed by atoms with Crippen LogP contribution in [0.25, 0.3) is 22.2 Å². The summed E-state index contributed by atoms with van der Waals surface area (Å²) < 4.78 is 103. The highest BCUT2D eigenvalue weighted by atomic mass is 19.4. The molecule has 0 saturated carbocycles. The SMILES string of the molecule is [2H]C1([2H])CC[C@@]2(COc3nc(N4C[C@H]5CC[C@@H](C4)N5)c4cnc(-c5cc(O)ccc5C(F)(F)F)c(F)c4n3)C[C@@]([2H])(F)CN12. The molecule has 7 rings (SSSR count). The van der Waals surface area contributed by atoms with E-state index < -0.39 is 59.3 Å². The average molecular weight is 580 g/mol. The number of aromatic hydroxyl groups is 1. The molecule has 4 fully saturated rings. The van der Waals surface area contributed by atoms with Crippen LogP contribution in [0.2, 0.25) is 0 Å². The number of piperazine rings is 1. The number of hydrogen-bond donors (Lipinski definition) is 2. The molecule has 4 aliphatic heterocycles. The summed E-state index contributed by atoms with van der Waals surface area (Å²) in [5, 5.41) is 13.6.